The number of benzene rings is 1. The number of rotatable bonds is 0. The van der Waals surface area contributed by atoms with Gasteiger partial charge in [0.2, 0.25) is 9.84 Å². The van der Waals surface area contributed by atoms with Crippen molar-refractivity contribution >= 4 is 44.4 Å². The van der Waals surface area contributed by atoms with Gasteiger partial charge in [0.1, 0.15) is 11.9 Å². The van der Waals surface area contributed by atoms with Gasteiger partial charge in [0.15, 0.2) is 0 Å². The van der Waals surface area contributed by atoms with Crippen molar-refractivity contribution in [1.82, 2.24) is 0 Å². The maximum absolute atomic E-state index is 11.5. The van der Waals surface area contributed by atoms with Gasteiger partial charge in [-0.2, -0.15) is 0 Å². The van der Waals surface area contributed by atoms with Crippen LogP contribution >= 0.6 is 17.0 Å². The highest BCUT2D eigenvalue weighted by Crippen LogP contribution is 2.24. The van der Waals surface area contributed by atoms with Gasteiger partial charge in [0.25, 0.3) is 0 Å². The lowest BCUT2D eigenvalue weighted by Crippen LogP contribution is -2.00. The Morgan fingerprint density at radius 3 is 2.64 bits per heavy atom. The zero-order valence-electron chi connectivity index (χ0n) is 6.99. The minimum atomic E-state index is -3.40. The fourth-order valence-electron chi connectivity index (χ4n) is 1.06. The van der Waals surface area contributed by atoms with Gasteiger partial charge in [-0.15, -0.1) is 17.0 Å². The minimum absolute atomic E-state index is 0. The fourth-order valence-corrected chi connectivity index (χ4v) is 2.07. The molecule has 0 aliphatic carbocycles. The molecule has 14 heavy (non-hydrogen) atoms. The third kappa shape index (κ3) is 1.91. The van der Waals surface area contributed by atoms with Crippen LogP contribution in [0.4, 0.5) is 5.69 Å². The SMILES string of the molecule is Br.O=S1(=O)C=NC=Nc2ccccc21. The average Bonchev–Trinajstić information content (AvgIpc) is 2.26. The van der Waals surface area contributed by atoms with Gasteiger partial charge >= 0.3 is 0 Å². The van der Waals surface area contributed by atoms with Crippen LogP contribution in [0.3, 0.4) is 0 Å². The lowest BCUT2D eigenvalue weighted by Gasteiger charge is -1.99. The molecule has 4 nitrogen and oxygen atoms in total. The quantitative estimate of drug-likeness (QED) is 0.724. The smallest absolute Gasteiger partial charge is 0.219 e. The molecule has 0 bridgehead atoms. The third-order valence-electron chi connectivity index (χ3n) is 1.63. The summed E-state index contributed by atoms with van der Waals surface area (Å²) < 4.78 is 22.9. The van der Waals surface area contributed by atoms with E-state index in [0.29, 0.717) is 5.69 Å². The van der Waals surface area contributed by atoms with Crippen LogP contribution in [0.25, 0.3) is 0 Å². The van der Waals surface area contributed by atoms with E-state index in [1.807, 2.05) is 0 Å². The van der Waals surface area contributed by atoms with Crippen molar-refractivity contribution in [3.8, 4) is 0 Å². The molecule has 0 spiro atoms. The van der Waals surface area contributed by atoms with Crippen molar-refractivity contribution in [1.29, 1.82) is 0 Å². The molecule has 0 atom stereocenters. The van der Waals surface area contributed by atoms with Crippen LogP contribution in [0.1, 0.15) is 0 Å². The van der Waals surface area contributed by atoms with Crippen molar-refractivity contribution in [3.63, 3.8) is 0 Å². The predicted molar refractivity (Wildman–Crippen MR) is 60.6 cm³/mol. The van der Waals surface area contributed by atoms with Crippen molar-refractivity contribution in [2.45, 2.75) is 4.90 Å². The first-order chi connectivity index (χ1) is 6.20. The number of aliphatic imine (C=N–C) groups is 2. The zero-order chi connectivity index (χ0) is 9.31. The summed E-state index contributed by atoms with van der Waals surface area (Å²) in [5.74, 6) is 0. The van der Waals surface area contributed by atoms with E-state index in [1.54, 1.807) is 18.2 Å². The molecule has 0 amide bonds. The highest BCUT2D eigenvalue weighted by molar-refractivity contribution is 8.93. The first-order valence-corrected chi connectivity index (χ1v) is 5.15. The van der Waals surface area contributed by atoms with E-state index in [-0.39, 0.29) is 21.9 Å². The Hall–Kier alpha value is -1.01. The standard InChI is InChI=1S/C8H6N2O2S.BrH/c11-13(12)6-9-5-10-7-3-1-2-4-8(7)13;/h1-6H;1H. The maximum Gasteiger partial charge on any atom is 0.219 e. The van der Waals surface area contributed by atoms with Crippen molar-refractivity contribution in [2.75, 3.05) is 0 Å². The molecule has 0 aromatic heterocycles. The Morgan fingerprint density at radius 2 is 1.86 bits per heavy atom. The number of para-hydroxylation sites is 1. The lowest BCUT2D eigenvalue weighted by molar-refractivity contribution is 0.608. The molecule has 0 N–H and O–H groups in total. The van der Waals surface area contributed by atoms with Crippen LogP contribution in [0.5, 0.6) is 0 Å². The van der Waals surface area contributed by atoms with Gasteiger partial charge < -0.3 is 0 Å². The maximum atomic E-state index is 11.5. The molecule has 0 radical (unpaired) electrons. The second kappa shape index (κ2) is 4.02. The summed E-state index contributed by atoms with van der Waals surface area (Å²) in [6.45, 7) is 0. The highest BCUT2D eigenvalue weighted by atomic mass is 79.9. The minimum Gasteiger partial charge on any atom is -0.236 e. The van der Waals surface area contributed by atoms with Crippen LogP contribution in [0.2, 0.25) is 0 Å². The Balaban J connectivity index is 0.000000980. The largest absolute Gasteiger partial charge is 0.236 e. The molecule has 6 heteroatoms. The van der Waals surface area contributed by atoms with Crippen LogP contribution in [-0.4, -0.2) is 20.3 Å². The Labute approximate surface area is 92.1 Å². The summed E-state index contributed by atoms with van der Waals surface area (Å²) in [6.07, 6.45) is 1.23. The Bertz CT molecular complexity index is 494. The molecular weight excluding hydrogens is 268 g/mol. The van der Waals surface area contributed by atoms with Crippen LogP contribution in [0, 0.1) is 0 Å². The summed E-state index contributed by atoms with van der Waals surface area (Å²) >= 11 is 0. The van der Waals surface area contributed by atoms with E-state index in [9.17, 15) is 8.42 Å². The number of fused-ring (bicyclic) bond motifs is 1. The van der Waals surface area contributed by atoms with Crippen LogP contribution < -0.4 is 0 Å². The summed E-state index contributed by atoms with van der Waals surface area (Å²) in [5.41, 5.74) is 1.34. The molecule has 0 unspecified atom stereocenters. The number of halogens is 1. The van der Waals surface area contributed by atoms with Crippen molar-refractivity contribution in [2.24, 2.45) is 9.98 Å². The van der Waals surface area contributed by atoms with Crippen molar-refractivity contribution in [3.05, 3.63) is 24.3 Å². The van der Waals surface area contributed by atoms with Crippen LogP contribution in [-0.2, 0) is 9.84 Å². The molecule has 0 saturated carbocycles. The number of sulfone groups is 1. The monoisotopic (exact) mass is 274 g/mol. The molecule has 1 heterocycles. The highest BCUT2D eigenvalue weighted by Gasteiger charge is 2.16. The number of nitrogens with zero attached hydrogens (tertiary/aromatic N) is 2. The van der Waals surface area contributed by atoms with Gasteiger partial charge in [-0.3, -0.25) is 0 Å². The molecule has 74 valence electrons. The molecule has 1 aliphatic rings. The summed E-state index contributed by atoms with van der Waals surface area (Å²) in [7, 11) is -3.40. The van der Waals surface area contributed by atoms with Gasteiger partial charge in [0.05, 0.1) is 10.6 Å². The molecular formula is C8H7BrN2O2S. The summed E-state index contributed by atoms with van der Waals surface area (Å²) in [5, 5.41) is 0. The molecule has 1 aliphatic heterocycles. The fraction of sp³-hybridized carbons (Fsp3) is 0. The van der Waals surface area contributed by atoms with Gasteiger partial charge in [0, 0.05) is 0 Å². The first-order valence-electron chi connectivity index (χ1n) is 3.60. The van der Waals surface area contributed by atoms with E-state index in [0.717, 1.165) is 5.55 Å². The number of hydrogen-bond acceptors (Lipinski definition) is 4. The second-order valence-electron chi connectivity index (χ2n) is 2.51. The zero-order valence-corrected chi connectivity index (χ0v) is 9.52. The average molecular weight is 275 g/mol. The summed E-state index contributed by atoms with van der Waals surface area (Å²) in [4.78, 5) is 7.62. The third-order valence-corrected chi connectivity index (χ3v) is 2.99. The topological polar surface area (TPSA) is 58.9 Å². The van der Waals surface area contributed by atoms with Gasteiger partial charge in [-0.05, 0) is 12.1 Å². The van der Waals surface area contributed by atoms with E-state index in [2.05, 4.69) is 9.98 Å². The first kappa shape index (κ1) is 11.1. The van der Waals surface area contributed by atoms with E-state index >= 15 is 0 Å². The van der Waals surface area contributed by atoms with E-state index < -0.39 is 9.84 Å². The van der Waals surface area contributed by atoms with Crippen molar-refractivity contribution < 1.29 is 8.42 Å². The molecule has 1 aromatic carbocycles. The molecule has 1 aromatic rings. The van der Waals surface area contributed by atoms with Gasteiger partial charge in [-0.1, -0.05) is 12.1 Å². The molecule has 0 saturated heterocycles. The Kier molecular flexibility index (Phi) is 3.17. The number of hydrogen-bond donors (Lipinski definition) is 0. The normalized spacial score (nSPS) is 16.6. The Morgan fingerprint density at radius 1 is 1.14 bits per heavy atom. The van der Waals surface area contributed by atoms with Gasteiger partial charge in [-0.25, -0.2) is 18.4 Å². The molecule has 0 fully saturated rings. The lowest BCUT2D eigenvalue weighted by atomic mass is 10.3. The summed E-state index contributed by atoms with van der Waals surface area (Å²) in [6, 6.07) is 6.54. The van der Waals surface area contributed by atoms with Crippen LogP contribution in [0.15, 0.2) is 39.1 Å². The molecule has 2 rings (SSSR count). The predicted octanol–water partition coefficient (Wildman–Crippen LogP) is 1.74. The van der Waals surface area contributed by atoms with E-state index in [4.69, 9.17) is 0 Å². The van der Waals surface area contributed by atoms with E-state index in [1.165, 1.54) is 12.4 Å². The second-order valence-corrected chi connectivity index (χ2v) is 4.25.